The second-order valence-electron chi connectivity index (χ2n) is 12.1. The summed E-state index contributed by atoms with van der Waals surface area (Å²) in [7, 11) is 0. The predicted molar refractivity (Wildman–Crippen MR) is 186 cm³/mol. The van der Waals surface area contributed by atoms with Gasteiger partial charge in [0.05, 0.1) is 12.2 Å². The Morgan fingerprint density at radius 3 is 2.06 bits per heavy atom. The Morgan fingerprint density at radius 1 is 0.863 bits per heavy atom. The van der Waals surface area contributed by atoms with Gasteiger partial charge in [0.15, 0.2) is 0 Å². The molecule has 0 bridgehead atoms. The summed E-state index contributed by atoms with van der Waals surface area (Å²) >= 11 is 0. The van der Waals surface area contributed by atoms with Crippen LogP contribution in [0.2, 0.25) is 0 Å². The third-order valence-corrected chi connectivity index (χ3v) is 7.97. The van der Waals surface area contributed by atoms with Crippen LogP contribution in [0.15, 0.2) is 109 Å². The summed E-state index contributed by atoms with van der Waals surface area (Å²) < 4.78 is 36.1. The molecule has 11 heteroatoms. The summed E-state index contributed by atoms with van der Waals surface area (Å²) in [4.78, 5) is 25.4. The van der Waals surface area contributed by atoms with Crippen molar-refractivity contribution < 1.29 is 68.0 Å². The molecule has 3 N–H and O–H groups in total. The van der Waals surface area contributed by atoms with Crippen LogP contribution in [0.5, 0.6) is 5.75 Å². The molecule has 0 unspecified atom stereocenters. The number of aliphatic carboxylic acids is 1. The smallest absolute Gasteiger partial charge is 0.550 e. The summed E-state index contributed by atoms with van der Waals surface area (Å²) in [5.74, 6) is -2.35. The first-order valence-corrected chi connectivity index (χ1v) is 16.1. The molecule has 5 rings (SSSR count). The first-order valence-electron chi connectivity index (χ1n) is 16.1. The van der Waals surface area contributed by atoms with E-state index < -0.39 is 42.1 Å². The molecule has 0 aliphatic rings. The standard InChI is InChI=1S/C40H38F2N2O6.Na/c1-25(2)44-35(20-19-32(45)22-33(46)23-36(47)48)37(27-11-15-29(41)16-12-27)38(28-13-17-30(42)18-14-28)39(44)40(49)43-31-9-6-10-34(21-31)50-24-26-7-4-3-5-8-26;/h3-21,25,32-33,45-46H,22-24H2,1-2H3,(H,43,49)(H,47,48);/q;+1/p-1/b20-19+;/t32-,33-;/m1./s1. The van der Waals surface area contributed by atoms with Gasteiger partial charge < -0.3 is 34.7 Å². The Balaban J connectivity index is 0.00000583. The molecule has 1 amide bonds. The normalized spacial score (nSPS) is 12.4. The molecule has 0 aliphatic carbocycles. The molecule has 0 saturated heterocycles. The molecule has 0 aliphatic heterocycles. The Kier molecular flexibility index (Phi) is 13.9. The number of carbonyl (C=O) groups is 2. The molecule has 0 fully saturated rings. The van der Waals surface area contributed by atoms with Crippen LogP contribution in [-0.2, 0) is 11.4 Å². The number of ether oxygens (including phenoxy) is 1. The summed E-state index contributed by atoms with van der Waals surface area (Å²) in [5, 5.41) is 34.8. The van der Waals surface area contributed by atoms with Crippen molar-refractivity contribution in [3.63, 3.8) is 0 Å². The zero-order valence-corrected chi connectivity index (χ0v) is 30.6. The Bertz CT molecular complexity index is 1960. The fourth-order valence-corrected chi connectivity index (χ4v) is 5.77. The van der Waals surface area contributed by atoms with Crippen molar-refractivity contribution in [2.24, 2.45) is 0 Å². The first-order chi connectivity index (χ1) is 24.0. The first kappa shape index (κ1) is 39.2. The average Bonchev–Trinajstić information content (AvgIpc) is 3.43. The third-order valence-electron chi connectivity index (χ3n) is 7.97. The van der Waals surface area contributed by atoms with Gasteiger partial charge in [-0.05, 0) is 73.0 Å². The number of amides is 1. The number of aromatic nitrogens is 1. The number of carboxylic acid groups (broad SMARTS) is 1. The Hall–Kier alpha value is -4.58. The van der Waals surface area contributed by atoms with Gasteiger partial charge in [-0.15, -0.1) is 0 Å². The molecular weight excluding hydrogens is 665 g/mol. The Morgan fingerprint density at radius 2 is 1.47 bits per heavy atom. The topological polar surface area (TPSA) is 124 Å². The number of carbonyl (C=O) groups excluding carboxylic acids is 2. The SMILES string of the molecule is CC(C)n1c(/C=C/[C@@H](O)C[C@@H](O)CC(=O)[O-])c(-c2ccc(F)cc2)c(-c2ccc(F)cc2)c1C(=O)Nc1cccc(OCc2ccccc2)c1.[Na+]. The molecule has 4 aromatic carbocycles. The van der Waals surface area contributed by atoms with E-state index in [1.165, 1.54) is 30.3 Å². The molecule has 51 heavy (non-hydrogen) atoms. The summed E-state index contributed by atoms with van der Waals surface area (Å²) in [6, 6.07) is 27.6. The number of aliphatic hydroxyl groups excluding tert-OH is 2. The van der Waals surface area contributed by atoms with Crippen molar-refractivity contribution in [1.29, 1.82) is 0 Å². The summed E-state index contributed by atoms with van der Waals surface area (Å²) in [6.45, 7) is 4.07. The van der Waals surface area contributed by atoms with Gasteiger partial charge >= 0.3 is 29.6 Å². The van der Waals surface area contributed by atoms with E-state index in [-0.39, 0.29) is 47.7 Å². The zero-order valence-electron chi connectivity index (χ0n) is 28.6. The van der Waals surface area contributed by atoms with Gasteiger partial charge in [-0.1, -0.05) is 66.7 Å². The van der Waals surface area contributed by atoms with Gasteiger partial charge in [-0.25, -0.2) is 8.78 Å². The number of halogens is 2. The van der Waals surface area contributed by atoms with Crippen molar-refractivity contribution in [3.05, 3.63) is 138 Å². The monoisotopic (exact) mass is 702 g/mol. The molecule has 258 valence electrons. The number of hydrogen-bond acceptors (Lipinski definition) is 6. The van der Waals surface area contributed by atoms with E-state index in [1.54, 1.807) is 59.2 Å². The van der Waals surface area contributed by atoms with Gasteiger partial charge in [-0.3, -0.25) is 4.79 Å². The van der Waals surface area contributed by atoms with E-state index >= 15 is 0 Å². The quantitative estimate of drug-likeness (QED) is 0.152. The second kappa shape index (κ2) is 18.1. The number of benzene rings is 4. The van der Waals surface area contributed by atoms with Crippen molar-refractivity contribution in [2.75, 3.05) is 5.32 Å². The van der Waals surface area contributed by atoms with E-state index in [0.29, 0.717) is 46.0 Å². The average molecular weight is 703 g/mol. The van der Waals surface area contributed by atoms with E-state index in [0.717, 1.165) is 5.56 Å². The van der Waals surface area contributed by atoms with Crippen LogP contribution < -0.4 is 44.7 Å². The fourth-order valence-electron chi connectivity index (χ4n) is 5.77. The fraction of sp³-hybridized carbons (Fsp3) is 0.200. The van der Waals surface area contributed by atoms with Crippen LogP contribution in [0.4, 0.5) is 14.5 Å². The molecule has 1 heterocycles. The Labute approximate surface area is 317 Å². The number of rotatable bonds is 14. The zero-order chi connectivity index (χ0) is 35.8. The van der Waals surface area contributed by atoms with E-state index in [1.807, 2.05) is 44.2 Å². The molecule has 0 spiro atoms. The van der Waals surface area contributed by atoms with Crippen molar-refractivity contribution in [1.82, 2.24) is 4.57 Å². The number of carboxylic acids is 1. The molecule has 8 nitrogen and oxygen atoms in total. The predicted octanol–water partition coefficient (Wildman–Crippen LogP) is 3.78. The maximum Gasteiger partial charge on any atom is 1.00 e. The minimum atomic E-state index is -1.45. The number of anilines is 1. The number of nitrogens with one attached hydrogen (secondary N) is 1. The van der Waals surface area contributed by atoms with Gasteiger partial charge in [0, 0.05) is 53.4 Å². The van der Waals surface area contributed by atoms with Gasteiger partial charge in [0.2, 0.25) is 0 Å². The van der Waals surface area contributed by atoms with Crippen LogP contribution in [0.25, 0.3) is 28.3 Å². The maximum absolute atomic E-state index is 14.5. The van der Waals surface area contributed by atoms with E-state index in [4.69, 9.17) is 4.74 Å². The maximum atomic E-state index is 14.5. The molecular formula is C40H37F2N2NaO6. The summed E-state index contributed by atoms with van der Waals surface area (Å²) in [6.07, 6.45) is -0.561. The minimum Gasteiger partial charge on any atom is -0.550 e. The van der Waals surface area contributed by atoms with Crippen LogP contribution in [0, 0.1) is 11.6 Å². The largest absolute Gasteiger partial charge is 1.00 e. The number of nitrogens with zero attached hydrogens (tertiary/aromatic N) is 1. The minimum absolute atomic E-state index is 0. The molecule has 0 saturated carbocycles. The van der Waals surface area contributed by atoms with Gasteiger partial charge in [0.1, 0.15) is 29.7 Å². The van der Waals surface area contributed by atoms with Crippen molar-refractivity contribution >= 4 is 23.6 Å². The van der Waals surface area contributed by atoms with Crippen LogP contribution >= 0.6 is 0 Å². The summed E-state index contributed by atoms with van der Waals surface area (Å²) in [5.41, 5.74) is 4.11. The van der Waals surface area contributed by atoms with Crippen molar-refractivity contribution in [3.8, 4) is 28.0 Å². The van der Waals surface area contributed by atoms with Crippen LogP contribution in [0.3, 0.4) is 0 Å². The van der Waals surface area contributed by atoms with Gasteiger partial charge in [-0.2, -0.15) is 0 Å². The third kappa shape index (κ3) is 10.2. The molecule has 0 radical (unpaired) electrons. The number of aliphatic hydroxyl groups is 2. The van der Waals surface area contributed by atoms with Crippen LogP contribution in [0.1, 0.15) is 54.5 Å². The molecule has 1 aromatic heterocycles. The second-order valence-corrected chi connectivity index (χ2v) is 12.1. The van der Waals surface area contributed by atoms with E-state index in [9.17, 15) is 33.7 Å². The van der Waals surface area contributed by atoms with Crippen LogP contribution in [-0.4, -0.2) is 38.9 Å². The molecule has 5 aromatic rings. The van der Waals surface area contributed by atoms with Crippen molar-refractivity contribution in [2.45, 2.75) is 51.5 Å². The number of hydrogen-bond donors (Lipinski definition) is 3. The van der Waals surface area contributed by atoms with E-state index in [2.05, 4.69) is 5.32 Å². The molecule has 2 atom stereocenters. The van der Waals surface area contributed by atoms with Gasteiger partial charge in [0.25, 0.3) is 5.91 Å².